The van der Waals surface area contributed by atoms with Crippen LogP contribution in [0.4, 0.5) is 0 Å². The molecule has 1 aliphatic rings. The number of hydrogen-bond donors (Lipinski definition) is 0. The molecule has 0 unspecified atom stereocenters. The summed E-state index contributed by atoms with van der Waals surface area (Å²) < 4.78 is 1.29. The quantitative estimate of drug-likeness (QED) is 0.786. The fourth-order valence-electron chi connectivity index (χ4n) is 2.99. The number of Topliss-reactive ketones (excluding diaryl/α,β-unsaturated/α-hetero) is 1. The highest BCUT2D eigenvalue weighted by Gasteiger charge is 2.35. The Morgan fingerprint density at radius 1 is 1.28 bits per heavy atom. The molecule has 1 aromatic heterocycles. The molecule has 0 N–H and O–H groups in total. The third kappa shape index (κ3) is 1.99. The molecule has 0 bridgehead atoms. The fraction of sp³-hybridized carbons (Fsp3) is 0.438. The molecule has 1 aliphatic carbocycles. The summed E-state index contributed by atoms with van der Waals surface area (Å²) in [6.07, 6.45) is 5.20. The van der Waals surface area contributed by atoms with E-state index in [0.717, 1.165) is 12.8 Å². The van der Waals surface area contributed by atoms with Crippen molar-refractivity contribution in [1.29, 1.82) is 0 Å². The number of ketones is 1. The van der Waals surface area contributed by atoms with Crippen molar-refractivity contribution in [3.63, 3.8) is 0 Å². The smallest absolute Gasteiger partial charge is 0.143 e. The number of rotatable bonds is 3. The summed E-state index contributed by atoms with van der Waals surface area (Å²) in [5.74, 6) is 0.434. The number of carbonyl (C=O) groups is 1. The highest BCUT2D eigenvalue weighted by atomic mass is 32.1. The molecular formula is C16H18OS. The van der Waals surface area contributed by atoms with Crippen molar-refractivity contribution >= 4 is 27.2 Å². The second-order valence-electron chi connectivity index (χ2n) is 5.62. The first-order valence-electron chi connectivity index (χ1n) is 6.67. The van der Waals surface area contributed by atoms with Gasteiger partial charge in [0.25, 0.3) is 0 Å². The van der Waals surface area contributed by atoms with Gasteiger partial charge in [-0.05, 0) is 35.2 Å². The summed E-state index contributed by atoms with van der Waals surface area (Å²) in [5, 5.41) is 3.42. The van der Waals surface area contributed by atoms with E-state index in [2.05, 4.69) is 36.6 Å². The van der Waals surface area contributed by atoms with Crippen molar-refractivity contribution in [2.45, 2.75) is 39.0 Å². The van der Waals surface area contributed by atoms with E-state index in [0.29, 0.717) is 12.2 Å². The van der Waals surface area contributed by atoms with Gasteiger partial charge < -0.3 is 0 Å². The van der Waals surface area contributed by atoms with Gasteiger partial charge in [-0.2, -0.15) is 0 Å². The molecule has 3 rings (SSSR count). The van der Waals surface area contributed by atoms with Crippen LogP contribution in [0.5, 0.6) is 0 Å². The largest absolute Gasteiger partial charge is 0.299 e. The first kappa shape index (κ1) is 11.9. The van der Waals surface area contributed by atoms with Crippen molar-refractivity contribution in [3.8, 4) is 0 Å². The molecule has 0 aliphatic heterocycles. The van der Waals surface area contributed by atoms with Gasteiger partial charge in [0, 0.05) is 16.5 Å². The standard InChI is InChI=1S/C16H18OS/c1-16(8-4-5-9-16)15(17)10-12-11-18-14-7-3-2-6-13(12)14/h2-3,6-7,11H,4-5,8-10H2,1H3. The molecule has 1 aromatic carbocycles. The number of benzene rings is 1. The van der Waals surface area contributed by atoms with E-state index in [-0.39, 0.29) is 5.41 Å². The van der Waals surface area contributed by atoms with E-state index < -0.39 is 0 Å². The molecule has 0 amide bonds. The van der Waals surface area contributed by atoms with E-state index in [1.54, 1.807) is 11.3 Å². The molecule has 94 valence electrons. The minimum absolute atomic E-state index is 0.0525. The monoisotopic (exact) mass is 258 g/mol. The second-order valence-corrected chi connectivity index (χ2v) is 6.54. The minimum atomic E-state index is -0.0525. The Labute approximate surface area is 112 Å². The van der Waals surface area contributed by atoms with Gasteiger partial charge >= 0.3 is 0 Å². The van der Waals surface area contributed by atoms with Gasteiger partial charge in [-0.15, -0.1) is 11.3 Å². The Kier molecular flexibility index (Phi) is 2.98. The fourth-order valence-corrected chi connectivity index (χ4v) is 3.95. The van der Waals surface area contributed by atoms with Crippen molar-refractivity contribution < 1.29 is 4.79 Å². The SMILES string of the molecule is CC1(C(=O)Cc2csc3ccccc23)CCCC1. The average molecular weight is 258 g/mol. The molecule has 18 heavy (non-hydrogen) atoms. The van der Waals surface area contributed by atoms with Crippen LogP contribution in [0, 0.1) is 5.41 Å². The van der Waals surface area contributed by atoms with Crippen LogP contribution in [0.2, 0.25) is 0 Å². The van der Waals surface area contributed by atoms with Crippen LogP contribution < -0.4 is 0 Å². The van der Waals surface area contributed by atoms with Crippen LogP contribution in [-0.2, 0) is 11.2 Å². The molecule has 0 spiro atoms. The summed E-state index contributed by atoms with van der Waals surface area (Å²) in [6, 6.07) is 8.37. The predicted molar refractivity (Wildman–Crippen MR) is 77.1 cm³/mol. The maximum absolute atomic E-state index is 12.5. The van der Waals surface area contributed by atoms with E-state index in [9.17, 15) is 4.79 Å². The molecule has 0 radical (unpaired) electrons. The van der Waals surface area contributed by atoms with Crippen LogP contribution in [-0.4, -0.2) is 5.78 Å². The zero-order valence-electron chi connectivity index (χ0n) is 10.7. The predicted octanol–water partition coefficient (Wildman–Crippen LogP) is 4.59. The molecule has 0 atom stereocenters. The third-order valence-electron chi connectivity index (χ3n) is 4.29. The normalized spacial score (nSPS) is 18.3. The van der Waals surface area contributed by atoms with E-state index in [4.69, 9.17) is 0 Å². The van der Waals surface area contributed by atoms with Gasteiger partial charge in [0.2, 0.25) is 0 Å². The van der Waals surface area contributed by atoms with Crippen LogP contribution in [0.15, 0.2) is 29.6 Å². The molecule has 1 nitrogen and oxygen atoms in total. The summed E-state index contributed by atoms with van der Waals surface area (Å²) in [7, 11) is 0. The topological polar surface area (TPSA) is 17.1 Å². The summed E-state index contributed by atoms with van der Waals surface area (Å²) in [4.78, 5) is 12.5. The zero-order valence-corrected chi connectivity index (χ0v) is 11.6. The van der Waals surface area contributed by atoms with Gasteiger partial charge in [-0.3, -0.25) is 4.79 Å². The van der Waals surface area contributed by atoms with Gasteiger partial charge in [-0.1, -0.05) is 38.0 Å². The lowest BCUT2D eigenvalue weighted by molar-refractivity contribution is -0.126. The molecule has 0 saturated heterocycles. The lowest BCUT2D eigenvalue weighted by atomic mass is 9.81. The highest BCUT2D eigenvalue weighted by Crippen LogP contribution is 2.39. The number of hydrogen-bond acceptors (Lipinski definition) is 2. The Bertz CT molecular complexity index is 576. The van der Waals surface area contributed by atoms with Crippen LogP contribution in [0.3, 0.4) is 0 Å². The Morgan fingerprint density at radius 3 is 2.78 bits per heavy atom. The molecule has 2 heteroatoms. The van der Waals surface area contributed by atoms with Crippen LogP contribution in [0.25, 0.3) is 10.1 Å². The molecule has 1 heterocycles. The maximum atomic E-state index is 12.5. The van der Waals surface area contributed by atoms with Gasteiger partial charge in [-0.25, -0.2) is 0 Å². The third-order valence-corrected chi connectivity index (χ3v) is 5.30. The summed E-state index contributed by atoms with van der Waals surface area (Å²) >= 11 is 1.75. The van der Waals surface area contributed by atoms with E-state index in [1.165, 1.54) is 28.5 Å². The number of thiophene rings is 1. The molecule has 1 fully saturated rings. The van der Waals surface area contributed by atoms with Crippen molar-refractivity contribution in [3.05, 3.63) is 35.2 Å². The second kappa shape index (κ2) is 4.51. The first-order chi connectivity index (χ1) is 8.69. The van der Waals surface area contributed by atoms with Gasteiger partial charge in [0.15, 0.2) is 0 Å². The summed E-state index contributed by atoms with van der Waals surface area (Å²) in [5.41, 5.74) is 1.16. The van der Waals surface area contributed by atoms with Crippen LogP contribution in [0.1, 0.15) is 38.2 Å². The minimum Gasteiger partial charge on any atom is -0.299 e. The highest BCUT2D eigenvalue weighted by molar-refractivity contribution is 7.17. The lowest BCUT2D eigenvalue weighted by Gasteiger charge is -2.21. The Morgan fingerprint density at radius 2 is 2.00 bits per heavy atom. The van der Waals surface area contributed by atoms with Crippen molar-refractivity contribution in [2.24, 2.45) is 5.41 Å². The Hall–Kier alpha value is -1.15. The summed E-state index contributed by atoms with van der Waals surface area (Å²) in [6.45, 7) is 2.15. The van der Waals surface area contributed by atoms with Gasteiger partial charge in [0.1, 0.15) is 5.78 Å². The number of carbonyl (C=O) groups excluding carboxylic acids is 1. The molecular weight excluding hydrogens is 240 g/mol. The van der Waals surface area contributed by atoms with Gasteiger partial charge in [0.05, 0.1) is 0 Å². The maximum Gasteiger partial charge on any atom is 0.143 e. The van der Waals surface area contributed by atoms with E-state index in [1.807, 2.05) is 0 Å². The zero-order chi connectivity index (χ0) is 12.6. The first-order valence-corrected chi connectivity index (χ1v) is 7.55. The van der Waals surface area contributed by atoms with E-state index >= 15 is 0 Å². The lowest BCUT2D eigenvalue weighted by Crippen LogP contribution is -2.25. The molecule has 2 aromatic rings. The van der Waals surface area contributed by atoms with Crippen molar-refractivity contribution in [1.82, 2.24) is 0 Å². The Balaban J connectivity index is 1.86. The van der Waals surface area contributed by atoms with Crippen molar-refractivity contribution in [2.75, 3.05) is 0 Å². The average Bonchev–Trinajstić information content (AvgIpc) is 2.98. The molecule has 1 saturated carbocycles. The van der Waals surface area contributed by atoms with Crippen LogP contribution >= 0.6 is 11.3 Å². The number of fused-ring (bicyclic) bond motifs is 1.